The van der Waals surface area contributed by atoms with Crippen molar-refractivity contribution in [2.24, 2.45) is 0 Å². The van der Waals surface area contributed by atoms with E-state index in [1.807, 2.05) is 0 Å². The number of ether oxygens (including phenoxy) is 3. The van der Waals surface area contributed by atoms with Gasteiger partial charge in [0.15, 0.2) is 17.0 Å². The van der Waals surface area contributed by atoms with Gasteiger partial charge < -0.3 is 33.3 Å². The van der Waals surface area contributed by atoms with Crippen LogP contribution in [0.15, 0.2) is 67.0 Å². The molecule has 0 fully saturated rings. The minimum Gasteiger partial charge on any atom is -0.489 e. The maximum Gasteiger partial charge on any atom is 0.371 e. The Morgan fingerprint density at radius 2 is 1.26 bits per heavy atom. The molecule has 2 heterocycles. The first kappa shape index (κ1) is 26.9. The quantitative estimate of drug-likeness (QED) is 0.266. The van der Waals surface area contributed by atoms with Crippen LogP contribution >= 0.6 is 0 Å². The lowest BCUT2D eigenvalue weighted by Gasteiger charge is -2.20. The molecule has 12 heteroatoms. The molecule has 39 heavy (non-hydrogen) atoms. The summed E-state index contributed by atoms with van der Waals surface area (Å²) in [6, 6.07) is 10.5. The summed E-state index contributed by atoms with van der Waals surface area (Å²) in [5.41, 5.74) is -1.28. The summed E-state index contributed by atoms with van der Waals surface area (Å²) < 4.78 is 27.5. The lowest BCUT2D eigenvalue weighted by atomic mass is 10.2. The minimum absolute atomic E-state index is 0.00273. The normalized spacial score (nSPS) is 11.0. The third-order valence-electron chi connectivity index (χ3n) is 5.46. The van der Waals surface area contributed by atoms with Crippen LogP contribution in [0.25, 0.3) is 21.9 Å². The second kappa shape index (κ2) is 11.5. The number of carbonyl (C=O) groups is 3. The van der Waals surface area contributed by atoms with Gasteiger partial charge in [-0.05, 0) is 30.7 Å². The van der Waals surface area contributed by atoms with E-state index in [2.05, 4.69) is 0 Å². The van der Waals surface area contributed by atoms with E-state index >= 15 is 0 Å². The Morgan fingerprint density at radius 3 is 1.67 bits per heavy atom. The number of aromatic carboxylic acids is 2. The lowest BCUT2D eigenvalue weighted by molar-refractivity contribution is -0.152. The zero-order chi connectivity index (χ0) is 28.1. The smallest absolute Gasteiger partial charge is 0.371 e. The fourth-order valence-corrected chi connectivity index (χ4v) is 3.74. The molecular formula is C27H22O12. The van der Waals surface area contributed by atoms with Crippen LogP contribution in [0.1, 0.15) is 40.9 Å². The molecule has 0 spiro atoms. The summed E-state index contributed by atoms with van der Waals surface area (Å²) in [6.45, 7) is 1.26. The number of hydrogen-bond donors (Lipinski definition) is 2. The fraction of sp³-hybridized carbons (Fsp3) is 0.222. The highest BCUT2D eigenvalue weighted by atomic mass is 16.6. The van der Waals surface area contributed by atoms with Crippen molar-refractivity contribution >= 4 is 39.8 Å². The second-order valence-corrected chi connectivity index (χ2v) is 8.30. The Bertz CT molecular complexity index is 1570. The topological polar surface area (TPSA) is 180 Å². The van der Waals surface area contributed by atoms with Crippen molar-refractivity contribution in [3.8, 4) is 11.5 Å². The predicted molar refractivity (Wildman–Crippen MR) is 135 cm³/mol. The summed E-state index contributed by atoms with van der Waals surface area (Å²) >= 11 is 0. The Kier molecular flexibility index (Phi) is 7.94. The second-order valence-electron chi connectivity index (χ2n) is 8.30. The molecular weight excluding hydrogens is 516 g/mol. The lowest BCUT2D eigenvalue weighted by Crippen LogP contribution is -2.31. The molecule has 0 aliphatic heterocycles. The van der Waals surface area contributed by atoms with Gasteiger partial charge in [0.25, 0.3) is 0 Å². The number of rotatable bonds is 11. The molecule has 0 radical (unpaired) electrons. The van der Waals surface area contributed by atoms with Crippen LogP contribution in [0, 0.1) is 0 Å². The number of fused-ring (bicyclic) bond motifs is 2. The summed E-state index contributed by atoms with van der Waals surface area (Å²) in [7, 11) is 0. The molecule has 4 rings (SSSR count). The Balaban J connectivity index is 1.59. The monoisotopic (exact) mass is 538 g/mol. The zero-order valence-electron chi connectivity index (χ0n) is 20.5. The van der Waals surface area contributed by atoms with Crippen molar-refractivity contribution in [3.05, 3.63) is 80.5 Å². The number of carboxylic acids is 2. The van der Waals surface area contributed by atoms with E-state index in [0.717, 1.165) is 12.1 Å². The minimum atomic E-state index is -1.40. The van der Waals surface area contributed by atoms with Crippen molar-refractivity contribution in [1.82, 2.24) is 0 Å². The molecule has 2 aromatic heterocycles. The van der Waals surface area contributed by atoms with E-state index < -0.39 is 46.4 Å². The van der Waals surface area contributed by atoms with Crippen molar-refractivity contribution in [2.75, 3.05) is 13.2 Å². The molecule has 4 aromatic rings. The van der Waals surface area contributed by atoms with Gasteiger partial charge in [0.05, 0.1) is 0 Å². The van der Waals surface area contributed by atoms with Gasteiger partial charge in [-0.25, -0.2) is 9.59 Å². The molecule has 12 nitrogen and oxygen atoms in total. The first-order valence-corrected chi connectivity index (χ1v) is 11.7. The van der Waals surface area contributed by atoms with Crippen molar-refractivity contribution < 1.29 is 47.6 Å². The molecule has 0 saturated carbocycles. The molecule has 0 unspecified atom stereocenters. The largest absolute Gasteiger partial charge is 0.489 e. The van der Waals surface area contributed by atoms with Gasteiger partial charge in [-0.15, -0.1) is 0 Å². The molecule has 2 aromatic carbocycles. The first-order chi connectivity index (χ1) is 18.7. The Labute approximate surface area is 218 Å². The van der Waals surface area contributed by atoms with E-state index in [-0.39, 0.29) is 53.1 Å². The number of esters is 1. The molecule has 202 valence electrons. The predicted octanol–water partition coefficient (Wildman–Crippen LogP) is 3.47. The summed E-state index contributed by atoms with van der Waals surface area (Å²) in [4.78, 5) is 59.8. The molecule has 0 amide bonds. The third-order valence-corrected chi connectivity index (χ3v) is 5.46. The SMILES string of the molecule is CCCC(=O)OC(COc1cccc2oc(C(=O)O)cc(=O)c12)COc1cccc2oc(C(=O)O)cc(=O)c12. The van der Waals surface area contributed by atoms with E-state index in [1.54, 1.807) is 6.92 Å². The van der Waals surface area contributed by atoms with Crippen LogP contribution in [-0.2, 0) is 9.53 Å². The number of carboxylic acid groups (broad SMARTS) is 2. The van der Waals surface area contributed by atoms with E-state index in [4.69, 9.17) is 33.3 Å². The van der Waals surface area contributed by atoms with Crippen LogP contribution in [0.5, 0.6) is 11.5 Å². The third kappa shape index (κ3) is 6.06. The summed E-state index contributed by atoms with van der Waals surface area (Å²) in [6.07, 6.45) is -0.340. The van der Waals surface area contributed by atoms with Crippen LogP contribution in [0.2, 0.25) is 0 Å². The van der Waals surface area contributed by atoms with Gasteiger partial charge >= 0.3 is 17.9 Å². The highest BCUT2D eigenvalue weighted by Gasteiger charge is 2.21. The van der Waals surface area contributed by atoms with E-state index in [9.17, 15) is 24.0 Å². The van der Waals surface area contributed by atoms with Gasteiger partial charge in [0.1, 0.15) is 46.7 Å². The summed E-state index contributed by atoms with van der Waals surface area (Å²) in [5, 5.41) is 18.3. The average molecular weight is 538 g/mol. The Morgan fingerprint density at radius 1 is 0.795 bits per heavy atom. The van der Waals surface area contributed by atoms with Crippen molar-refractivity contribution in [1.29, 1.82) is 0 Å². The van der Waals surface area contributed by atoms with Gasteiger partial charge in [0, 0.05) is 18.6 Å². The van der Waals surface area contributed by atoms with E-state index in [1.165, 1.54) is 36.4 Å². The van der Waals surface area contributed by atoms with E-state index in [0.29, 0.717) is 6.42 Å². The van der Waals surface area contributed by atoms with Crippen molar-refractivity contribution in [2.45, 2.75) is 25.9 Å². The van der Waals surface area contributed by atoms with Gasteiger partial charge in [-0.1, -0.05) is 19.1 Å². The number of hydrogen-bond acceptors (Lipinski definition) is 10. The molecule has 0 aliphatic rings. The average Bonchev–Trinajstić information content (AvgIpc) is 2.89. The molecule has 0 saturated heterocycles. The highest BCUT2D eigenvalue weighted by Crippen LogP contribution is 2.26. The maximum absolute atomic E-state index is 12.6. The first-order valence-electron chi connectivity index (χ1n) is 11.7. The van der Waals surface area contributed by atoms with Gasteiger partial charge in [-0.2, -0.15) is 0 Å². The van der Waals surface area contributed by atoms with Gasteiger partial charge in [-0.3, -0.25) is 14.4 Å². The van der Waals surface area contributed by atoms with Crippen LogP contribution < -0.4 is 20.3 Å². The fourth-order valence-electron chi connectivity index (χ4n) is 3.74. The van der Waals surface area contributed by atoms with Crippen LogP contribution in [0.3, 0.4) is 0 Å². The highest BCUT2D eigenvalue weighted by molar-refractivity contribution is 5.90. The standard InChI is InChI=1S/C27H22O12/c1-2-5-23(30)37-14(12-35-17-6-3-8-19-24(17)15(28)10-21(38-19)26(31)32)13-36-18-7-4-9-20-25(18)16(29)11-22(39-20)27(33)34/h3-4,6-11,14H,2,5,12-13H2,1H3,(H,31,32)(H,33,34). The number of carbonyl (C=O) groups excluding carboxylic acids is 1. The number of benzene rings is 2. The molecule has 2 N–H and O–H groups in total. The Hall–Kier alpha value is -5.13. The zero-order valence-corrected chi connectivity index (χ0v) is 20.5. The van der Waals surface area contributed by atoms with Crippen molar-refractivity contribution in [3.63, 3.8) is 0 Å². The molecule has 0 aliphatic carbocycles. The van der Waals surface area contributed by atoms with Crippen LogP contribution in [0.4, 0.5) is 0 Å². The van der Waals surface area contributed by atoms with Crippen LogP contribution in [-0.4, -0.2) is 47.4 Å². The molecule has 0 bridgehead atoms. The maximum atomic E-state index is 12.6. The van der Waals surface area contributed by atoms with Gasteiger partial charge in [0.2, 0.25) is 11.5 Å². The summed E-state index contributed by atoms with van der Waals surface area (Å²) in [5.74, 6) is -4.24. The molecule has 0 atom stereocenters.